The number of rotatable bonds is 3. The SMILES string of the molecule is CC1=CC(=O)N[C@@H]2CC[C@H]3[C@@H]4CC[C@H](CC(=O)Nc5nc6ccccc6[nH]5)[C@@]4(C)CC[C@@H]3[C@@]12C. The molecular formula is C28H36N4O2. The summed E-state index contributed by atoms with van der Waals surface area (Å²) < 4.78 is 0. The van der Waals surface area contributed by atoms with Crippen molar-refractivity contribution in [3.05, 3.63) is 35.9 Å². The van der Waals surface area contributed by atoms with Crippen LogP contribution < -0.4 is 10.6 Å². The molecule has 7 atom stereocenters. The van der Waals surface area contributed by atoms with Gasteiger partial charge in [0.2, 0.25) is 17.8 Å². The summed E-state index contributed by atoms with van der Waals surface area (Å²) in [4.78, 5) is 32.9. The van der Waals surface area contributed by atoms with Crippen LogP contribution >= 0.6 is 0 Å². The number of aromatic nitrogens is 2. The number of carbonyl (C=O) groups is 2. The Balaban J connectivity index is 1.18. The summed E-state index contributed by atoms with van der Waals surface area (Å²) >= 11 is 0. The Bertz CT molecular complexity index is 1150. The molecular weight excluding hydrogens is 424 g/mol. The Morgan fingerprint density at radius 2 is 1.94 bits per heavy atom. The molecule has 3 saturated carbocycles. The molecule has 0 saturated heterocycles. The molecule has 1 aromatic carbocycles. The first-order valence-electron chi connectivity index (χ1n) is 13.0. The van der Waals surface area contributed by atoms with Gasteiger partial charge in [0.15, 0.2) is 0 Å². The van der Waals surface area contributed by atoms with E-state index in [1.807, 2.05) is 30.3 Å². The van der Waals surface area contributed by atoms with Crippen LogP contribution in [0.4, 0.5) is 5.95 Å². The van der Waals surface area contributed by atoms with E-state index in [0.717, 1.165) is 23.9 Å². The van der Waals surface area contributed by atoms with Gasteiger partial charge in [-0.15, -0.1) is 0 Å². The van der Waals surface area contributed by atoms with E-state index in [1.165, 1.54) is 31.3 Å². The van der Waals surface area contributed by atoms with E-state index in [0.29, 0.717) is 36.0 Å². The van der Waals surface area contributed by atoms with Gasteiger partial charge in [0.05, 0.1) is 11.0 Å². The summed E-state index contributed by atoms with van der Waals surface area (Å²) in [6.45, 7) is 7.03. The molecule has 1 aliphatic heterocycles. The van der Waals surface area contributed by atoms with Crippen molar-refractivity contribution in [2.24, 2.45) is 34.5 Å². The molecule has 0 radical (unpaired) electrons. The topological polar surface area (TPSA) is 86.9 Å². The van der Waals surface area contributed by atoms with Crippen LogP contribution in [0.1, 0.15) is 65.7 Å². The number of nitrogens with zero attached hydrogens (tertiary/aromatic N) is 1. The molecule has 0 unspecified atom stereocenters. The summed E-state index contributed by atoms with van der Waals surface area (Å²) in [7, 11) is 0. The van der Waals surface area contributed by atoms with Gasteiger partial charge >= 0.3 is 0 Å². The van der Waals surface area contributed by atoms with Crippen LogP contribution in [0.5, 0.6) is 0 Å². The Morgan fingerprint density at radius 3 is 2.76 bits per heavy atom. The van der Waals surface area contributed by atoms with Crippen molar-refractivity contribution < 1.29 is 9.59 Å². The summed E-state index contributed by atoms with van der Waals surface area (Å²) in [6.07, 6.45) is 9.37. The number of fused-ring (bicyclic) bond motifs is 6. The molecule has 1 aromatic heterocycles. The summed E-state index contributed by atoms with van der Waals surface area (Å²) in [5.74, 6) is 3.07. The first-order valence-corrected chi connectivity index (χ1v) is 13.0. The molecule has 3 N–H and O–H groups in total. The second kappa shape index (κ2) is 7.69. The Morgan fingerprint density at radius 1 is 1.12 bits per heavy atom. The third kappa shape index (κ3) is 3.17. The van der Waals surface area contributed by atoms with E-state index in [1.54, 1.807) is 0 Å². The largest absolute Gasteiger partial charge is 0.349 e. The molecule has 3 fully saturated rings. The van der Waals surface area contributed by atoms with Gasteiger partial charge in [0, 0.05) is 24.0 Å². The fourth-order valence-corrected chi connectivity index (χ4v) is 8.57. The van der Waals surface area contributed by atoms with Gasteiger partial charge in [-0.2, -0.15) is 0 Å². The van der Waals surface area contributed by atoms with Gasteiger partial charge < -0.3 is 10.3 Å². The van der Waals surface area contributed by atoms with Gasteiger partial charge in [-0.3, -0.25) is 14.9 Å². The zero-order valence-corrected chi connectivity index (χ0v) is 20.5. The molecule has 2 aromatic rings. The number of anilines is 1. The third-order valence-electron chi connectivity index (χ3n) is 10.5. The molecule has 2 amide bonds. The van der Waals surface area contributed by atoms with Crippen LogP contribution in [0.3, 0.4) is 0 Å². The minimum absolute atomic E-state index is 0.0644. The van der Waals surface area contributed by atoms with E-state index in [-0.39, 0.29) is 28.7 Å². The van der Waals surface area contributed by atoms with Gasteiger partial charge in [0.1, 0.15) is 0 Å². The fourth-order valence-electron chi connectivity index (χ4n) is 8.57. The van der Waals surface area contributed by atoms with Crippen LogP contribution in [0.15, 0.2) is 35.9 Å². The molecule has 6 nitrogen and oxygen atoms in total. The predicted molar refractivity (Wildman–Crippen MR) is 133 cm³/mol. The van der Waals surface area contributed by atoms with Crippen LogP contribution in [0.2, 0.25) is 0 Å². The van der Waals surface area contributed by atoms with Crippen molar-refractivity contribution in [3.63, 3.8) is 0 Å². The lowest BCUT2D eigenvalue weighted by Crippen LogP contribution is -2.60. The molecule has 2 heterocycles. The number of carbonyl (C=O) groups excluding carboxylic acids is 2. The van der Waals surface area contributed by atoms with Crippen molar-refractivity contribution in [2.45, 2.75) is 71.8 Å². The highest BCUT2D eigenvalue weighted by Crippen LogP contribution is 2.66. The van der Waals surface area contributed by atoms with Gasteiger partial charge in [0.25, 0.3) is 0 Å². The fraction of sp³-hybridized carbons (Fsp3) is 0.607. The summed E-state index contributed by atoms with van der Waals surface area (Å²) in [5.41, 5.74) is 3.35. The molecule has 180 valence electrons. The van der Waals surface area contributed by atoms with Crippen molar-refractivity contribution in [1.29, 1.82) is 0 Å². The quantitative estimate of drug-likeness (QED) is 0.589. The molecule has 34 heavy (non-hydrogen) atoms. The van der Waals surface area contributed by atoms with Crippen molar-refractivity contribution in [3.8, 4) is 0 Å². The highest BCUT2D eigenvalue weighted by atomic mass is 16.2. The lowest BCUT2D eigenvalue weighted by molar-refractivity contribution is -0.123. The number of H-pyrrole nitrogens is 1. The minimum atomic E-state index is 0.0644. The number of imidazole rings is 1. The van der Waals surface area contributed by atoms with Crippen molar-refractivity contribution in [2.75, 3.05) is 5.32 Å². The number of benzene rings is 1. The lowest BCUT2D eigenvalue weighted by atomic mass is 9.46. The number of hydrogen-bond acceptors (Lipinski definition) is 3. The average Bonchev–Trinajstić information content (AvgIpc) is 3.35. The monoisotopic (exact) mass is 460 g/mol. The normalized spacial score (nSPS) is 39.0. The molecule has 4 aliphatic rings. The first kappa shape index (κ1) is 21.9. The Hall–Kier alpha value is -2.63. The minimum Gasteiger partial charge on any atom is -0.349 e. The van der Waals surface area contributed by atoms with Crippen LogP contribution in [0, 0.1) is 34.5 Å². The van der Waals surface area contributed by atoms with E-state index in [2.05, 4.69) is 41.4 Å². The maximum Gasteiger partial charge on any atom is 0.244 e. The number of aromatic amines is 1. The Kier molecular flexibility index (Phi) is 4.95. The zero-order valence-electron chi connectivity index (χ0n) is 20.5. The number of hydrogen-bond donors (Lipinski definition) is 3. The average molecular weight is 461 g/mol. The van der Waals surface area contributed by atoms with E-state index < -0.39 is 0 Å². The van der Waals surface area contributed by atoms with Crippen molar-refractivity contribution in [1.82, 2.24) is 15.3 Å². The van der Waals surface area contributed by atoms with Gasteiger partial charge in [-0.25, -0.2) is 4.98 Å². The van der Waals surface area contributed by atoms with Gasteiger partial charge in [-0.05, 0) is 86.7 Å². The molecule has 6 rings (SSSR count). The number of para-hydroxylation sites is 2. The standard InChI is InChI=1S/C28H36N4O2/c1-16-14-24(33)31-23-11-9-18-19-10-8-17(27(19,2)13-12-20(18)28(16,23)3)15-25(34)32-26-29-21-6-4-5-7-22(21)30-26/h4-7,14,17-20,23H,8-13,15H2,1-3H3,(H,31,33)(H2,29,30,32,34)/t17-,18+,19+,20+,23-,27-,28-/m1/s1. The summed E-state index contributed by atoms with van der Waals surface area (Å²) in [6, 6.07) is 8.11. The second-order valence-electron chi connectivity index (χ2n) is 11.8. The predicted octanol–water partition coefficient (Wildman–Crippen LogP) is 5.20. The third-order valence-corrected chi connectivity index (χ3v) is 10.5. The smallest absolute Gasteiger partial charge is 0.244 e. The van der Waals surface area contributed by atoms with Crippen LogP contribution in [0.25, 0.3) is 11.0 Å². The van der Waals surface area contributed by atoms with Crippen LogP contribution in [-0.4, -0.2) is 27.8 Å². The van der Waals surface area contributed by atoms with Crippen LogP contribution in [-0.2, 0) is 9.59 Å². The maximum absolute atomic E-state index is 13.0. The molecule has 0 bridgehead atoms. The molecule has 0 spiro atoms. The maximum atomic E-state index is 13.0. The highest BCUT2D eigenvalue weighted by Gasteiger charge is 2.60. The number of amides is 2. The van der Waals surface area contributed by atoms with Gasteiger partial charge in [-0.1, -0.05) is 31.6 Å². The van der Waals surface area contributed by atoms with E-state index >= 15 is 0 Å². The van der Waals surface area contributed by atoms with E-state index in [4.69, 9.17) is 0 Å². The van der Waals surface area contributed by atoms with E-state index in [9.17, 15) is 9.59 Å². The molecule has 3 aliphatic carbocycles. The number of nitrogens with one attached hydrogen (secondary N) is 3. The Labute approximate surface area is 201 Å². The second-order valence-corrected chi connectivity index (χ2v) is 11.8. The summed E-state index contributed by atoms with van der Waals surface area (Å²) in [5, 5.41) is 6.31. The zero-order chi connectivity index (χ0) is 23.7. The highest BCUT2D eigenvalue weighted by molar-refractivity contribution is 5.91. The first-order chi connectivity index (χ1) is 16.3. The molecule has 6 heteroatoms. The van der Waals surface area contributed by atoms with Crippen molar-refractivity contribution >= 4 is 28.8 Å². The lowest BCUT2D eigenvalue weighted by Gasteiger charge is -2.60.